The van der Waals surface area contributed by atoms with Gasteiger partial charge in [0.1, 0.15) is 0 Å². The zero-order valence-corrected chi connectivity index (χ0v) is 9.86. The Morgan fingerprint density at radius 3 is 1.62 bits per heavy atom. The normalized spacial score (nSPS) is 11.7. The van der Waals surface area contributed by atoms with Crippen LogP contribution in [0, 0.1) is 6.58 Å². The molecular formula is C13H22F3. The van der Waals surface area contributed by atoms with E-state index in [-0.39, 0.29) is 6.42 Å². The number of allylic oxidation sites excluding steroid dienone is 1. The van der Waals surface area contributed by atoms with E-state index in [0.29, 0.717) is 6.42 Å². The molecule has 0 heterocycles. The topological polar surface area (TPSA) is 0 Å². The summed E-state index contributed by atoms with van der Waals surface area (Å²) in [5.74, 6) is 0. The highest BCUT2D eigenvalue weighted by Crippen LogP contribution is 2.23. The molecule has 0 spiro atoms. The average molecular weight is 235 g/mol. The Morgan fingerprint density at radius 2 is 1.19 bits per heavy atom. The Kier molecular flexibility index (Phi) is 9.45. The van der Waals surface area contributed by atoms with E-state index in [4.69, 9.17) is 6.58 Å². The zero-order valence-electron chi connectivity index (χ0n) is 9.86. The van der Waals surface area contributed by atoms with Gasteiger partial charge in [-0.2, -0.15) is 13.2 Å². The number of alkyl halides is 3. The van der Waals surface area contributed by atoms with E-state index < -0.39 is 12.6 Å². The van der Waals surface area contributed by atoms with Crippen LogP contribution >= 0.6 is 0 Å². The molecule has 0 N–H and O–H groups in total. The van der Waals surface area contributed by atoms with Crippen LogP contribution in [0.5, 0.6) is 0 Å². The van der Waals surface area contributed by atoms with Gasteiger partial charge in [-0.3, -0.25) is 0 Å². The van der Waals surface area contributed by atoms with Crippen molar-refractivity contribution < 1.29 is 13.2 Å². The minimum absolute atomic E-state index is 0.283. The van der Waals surface area contributed by atoms with Crippen LogP contribution in [0.25, 0.3) is 0 Å². The van der Waals surface area contributed by atoms with Crippen LogP contribution in [0.4, 0.5) is 13.2 Å². The summed E-state index contributed by atoms with van der Waals surface area (Å²) >= 11 is 0. The third-order valence-corrected chi connectivity index (χ3v) is 2.58. The Balaban J connectivity index is 3.01. The van der Waals surface area contributed by atoms with Crippen molar-refractivity contribution >= 4 is 0 Å². The molecule has 0 atom stereocenters. The summed E-state index contributed by atoms with van der Waals surface area (Å²) in [5.41, 5.74) is 0. The first-order valence-corrected chi connectivity index (χ1v) is 6.16. The SMILES string of the molecule is [CH]=CCCCCCCCCCCC(F)(F)F. The second kappa shape index (κ2) is 9.73. The fourth-order valence-corrected chi connectivity index (χ4v) is 1.65. The minimum atomic E-state index is -3.97. The maximum absolute atomic E-state index is 11.8. The molecule has 16 heavy (non-hydrogen) atoms. The highest BCUT2D eigenvalue weighted by atomic mass is 19.4. The lowest BCUT2D eigenvalue weighted by Gasteiger charge is -2.05. The Morgan fingerprint density at radius 1 is 0.750 bits per heavy atom. The lowest BCUT2D eigenvalue weighted by molar-refractivity contribution is -0.135. The standard InChI is InChI=1S/C13H22F3/c1-2-3-4-5-6-7-8-9-10-11-12-13(14,15)16/h1-2H,3-12H2. The molecule has 95 valence electrons. The highest BCUT2D eigenvalue weighted by molar-refractivity contribution is 4.61. The molecule has 0 aromatic heterocycles. The van der Waals surface area contributed by atoms with Gasteiger partial charge in [-0.1, -0.05) is 51.2 Å². The molecule has 0 amide bonds. The quantitative estimate of drug-likeness (QED) is 0.442. The molecule has 0 nitrogen and oxygen atoms in total. The van der Waals surface area contributed by atoms with Crippen LogP contribution < -0.4 is 0 Å². The summed E-state index contributed by atoms with van der Waals surface area (Å²) in [6.07, 6.45) is 5.64. The third-order valence-electron chi connectivity index (χ3n) is 2.58. The van der Waals surface area contributed by atoms with Gasteiger partial charge in [0.25, 0.3) is 0 Å². The molecule has 0 saturated carbocycles. The van der Waals surface area contributed by atoms with Crippen LogP contribution in [0.3, 0.4) is 0 Å². The smallest absolute Gasteiger partial charge is 0.171 e. The molecule has 0 rings (SSSR count). The Hall–Kier alpha value is -0.470. The van der Waals surface area contributed by atoms with Crippen molar-refractivity contribution in [3.8, 4) is 0 Å². The van der Waals surface area contributed by atoms with Crippen LogP contribution in [0.15, 0.2) is 6.08 Å². The minimum Gasteiger partial charge on any atom is -0.171 e. The molecule has 0 aliphatic heterocycles. The maximum Gasteiger partial charge on any atom is 0.389 e. The maximum atomic E-state index is 11.8. The first-order chi connectivity index (χ1) is 7.56. The van der Waals surface area contributed by atoms with Crippen LogP contribution in [0.2, 0.25) is 0 Å². The van der Waals surface area contributed by atoms with Crippen molar-refractivity contribution in [3.05, 3.63) is 12.7 Å². The molecule has 0 unspecified atom stereocenters. The van der Waals surface area contributed by atoms with Crippen molar-refractivity contribution in [1.82, 2.24) is 0 Å². The van der Waals surface area contributed by atoms with E-state index in [1.165, 1.54) is 12.8 Å². The summed E-state index contributed by atoms with van der Waals surface area (Å²) in [6, 6.07) is 0. The zero-order chi connectivity index (χ0) is 12.3. The fourth-order valence-electron chi connectivity index (χ4n) is 1.65. The average Bonchev–Trinajstić information content (AvgIpc) is 2.19. The van der Waals surface area contributed by atoms with Gasteiger partial charge >= 0.3 is 6.18 Å². The van der Waals surface area contributed by atoms with Gasteiger partial charge in [-0.25, -0.2) is 0 Å². The molecule has 0 fully saturated rings. The second-order valence-electron chi connectivity index (χ2n) is 4.22. The number of unbranched alkanes of at least 4 members (excludes halogenated alkanes) is 8. The van der Waals surface area contributed by atoms with Crippen LogP contribution in [0.1, 0.15) is 64.2 Å². The van der Waals surface area contributed by atoms with Gasteiger partial charge in [0.2, 0.25) is 0 Å². The van der Waals surface area contributed by atoms with Crippen molar-refractivity contribution in [2.75, 3.05) is 0 Å². The van der Waals surface area contributed by atoms with Gasteiger partial charge in [0.15, 0.2) is 0 Å². The molecular weight excluding hydrogens is 213 g/mol. The number of hydrogen-bond donors (Lipinski definition) is 0. The summed E-state index contributed by atoms with van der Waals surface area (Å²) < 4.78 is 35.4. The summed E-state index contributed by atoms with van der Waals surface area (Å²) in [4.78, 5) is 0. The first-order valence-electron chi connectivity index (χ1n) is 6.16. The third kappa shape index (κ3) is 13.5. The van der Waals surface area contributed by atoms with E-state index in [9.17, 15) is 13.2 Å². The van der Waals surface area contributed by atoms with Gasteiger partial charge in [0, 0.05) is 6.42 Å². The van der Waals surface area contributed by atoms with E-state index in [2.05, 4.69) is 0 Å². The molecule has 0 aliphatic rings. The monoisotopic (exact) mass is 235 g/mol. The van der Waals surface area contributed by atoms with E-state index in [1.807, 2.05) is 0 Å². The highest BCUT2D eigenvalue weighted by Gasteiger charge is 2.25. The van der Waals surface area contributed by atoms with Gasteiger partial charge in [-0.15, -0.1) is 0 Å². The molecule has 1 radical (unpaired) electrons. The number of rotatable bonds is 10. The molecule has 0 aromatic rings. The van der Waals surface area contributed by atoms with Gasteiger partial charge in [0.05, 0.1) is 0 Å². The first kappa shape index (κ1) is 15.5. The number of hydrogen-bond acceptors (Lipinski definition) is 0. The lowest BCUT2D eigenvalue weighted by atomic mass is 10.1. The predicted molar refractivity (Wildman–Crippen MR) is 61.1 cm³/mol. The van der Waals surface area contributed by atoms with Crippen LogP contribution in [-0.4, -0.2) is 6.18 Å². The van der Waals surface area contributed by atoms with Crippen molar-refractivity contribution in [2.24, 2.45) is 0 Å². The summed E-state index contributed by atoms with van der Waals surface area (Å²) in [5, 5.41) is 0. The molecule has 0 saturated heterocycles. The Labute approximate surface area is 96.9 Å². The van der Waals surface area contributed by atoms with Crippen molar-refractivity contribution in [2.45, 2.75) is 70.4 Å². The summed E-state index contributed by atoms with van der Waals surface area (Å²) in [7, 11) is 0. The molecule has 0 bridgehead atoms. The summed E-state index contributed by atoms with van der Waals surface area (Å²) in [6.45, 7) is 5.24. The predicted octanol–water partition coefficient (Wildman–Crippen LogP) is 5.44. The van der Waals surface area contributed by atoms with E-state index in [1.54, 1.807) is 6.08 Å². The second-order valence-corrected chi connectivity index (χ2v) is 4.22. The van der Waals surface area contributed by atoms with Crippen LogP contribution in [-0.2, 0) is 0 Å². The molecule has 0 aliphatic carbocycles. The fraction of sp³-hybridized carbons (Fsp3) is 0.846. The molecule has 3 heteroatoms. The van der Waals surface area contributed by atoms with E-state index in [0.717, 1.165) is 32.1 Å². The van der Waals surface area contributed by atoms with E-state index >= 15 is 0 Å². The van der Waals surface area contributed by atoms with Crippen molar-refractivity contribution in [3.63, 3.8) is 0 Å². The van der Waals surface area contributed by atoms with Crippen molar-refractivity contribution in [1.29, 1.82) is 0 Å². The lowest BCUT2D eigenvalue weighted by Crippen LogP contribution is -2.06. The number of halogens is 3. The largest absolute Gasteiger partial charge is 0.389 e. The Bertz CT molecular complexity index is 161. The van der Waals surface area contributed by atoms with Gasteiger partial charge < -0.3 is 0 Å². The van der Waals surface area contributed by atoms with Gasteiger partial charge in [-0.05, 0) is 19.3 Å². The molecule has 0 aromatic carbocycles.